The van der Waals surface area contributed by atoms with Crippen molar-refractivity contribution in [1.82, 2.24) is 9.97 Å². The summed E-state index contributed by atoms with van der Waals surface area (Å²) in [4.78, 5) is 24.0. The second-order valence-corrected chi connectivity index (χ2v) is 7.25. The van der Waals surface area contributed by atoms with Crippen molar-refractivity contribution >= 4 is 23.0 Å². The van der Waals surface area contributed by atoms with Gasteiger partial charge in [0.25, 0.3) is 5.91 Å². The number of carbonyl (C=O) groups excluding carboxylic acids is 1. The quantitative estimate of drug-likeness (QED) is 0.332. The average Bonchev–Trinajstić information content (AvgIpc) is 2.84. The Morgan fingerprint density at radius 2 is 1.74 bits per heavy atom. The number of nitrogens with two attached hydrogens (primary N) is 1. The maximum atomic E-state index is 14.7. The van der Waals surface area contributed by atoms with Crippen LogP contribution in [0.1, 0.15) is 27.3 Å². The fraction of sp³-hybridized carbons (Fsp3) is 0.125. The first-order chi connectivity index (χ1) is 16.6. The lowest BCUT2D eigenvalue weighted by atomic mass is 10.0. The number of benzene rings is 2. The van der Waals surface area contributed by atoms with E-state index in [1.807, 2.05) is 0 Å². The number of nitrogens with zero attached hydrogens (tertiary/aromatic N) is 3. The number of aliphatic hydroxyl groups excluding tert-OH is 1. The zero-order valence-corrected chi connectivity index (χ0v) is 18.1. The van der Waals surface area contributed by atoms with Crippen molar-refractivity contribution in [3.63, 3.8) is 0 Å². The summed E-state index contributed by atoms with van der Waals surface area (Å²) in [5.74, 6) is -6.67. The molecule has 0 unspecified atom stereocenters. The number of carbonyl (C=O) groups is 1. The molecule has 1 heterocycles. The minimum Gasteiger partial charge on any atom is -0.398 e. The van der Waals surface area contributed by atoms with Gasteiger partial charge in [-0.1, -0.05) is 6.07 Å². The number of aliphatic hydroxyl groups is 1. The van der Waals surface area contributed by atoms with Crippen LogP contribution in [0.15, 0.2) is 72.0 Å². The molecule has 0 atom stereocenters. The van der Waals surface area contributed by atoms with Crippen LogP contribution in [0.2, 0.25) is 0 Å². The number of allylic oxidation sites excluding steroid dienone is 1. The van der Waals surface area contributed by atoms with Gasteiger partial charge in [0.05, 0.1) is 17.7 Å². The molecule has 0 aliphatic rings. The number of nitrogens with one attached hydrogen (secondary N) is 1. The van der Waals surface area contributed by atoms with E-state index in [0.717, 1.165) is 30.3 Å². The number of amides is 1. The summed E-state index contributed by atoms with van der Waals surface area (Å²) in [6.07, 6.45) is 3.02. The summed E-state index contributed by atoms with van der Waals surface area (Å²) >= 11 is 0. The molecule has 180 valence electrons. The molecular weight excluding hydrogens is 466 g/mol. The standard InChI is InChI=1S/C24H19F4N5O2/c25-15-7-5-14(6-8-15)18(29)11-19(30)22-16(3-1-4-17(22)26)23(35)33-20(24(27,28)13-34)12-21-31-9-2-10-32-21/h1-11,29,34H,12-13,30H2/b19-11-,29-18?,33-20?. The van der Waals surface area contributed by atoms with E-state index in [-0.39, 0.29) is 22.8 Å². The predicted molar refractivity (Wildman–Crippen MR) is 121 cm³/mol. The van der Waals surface area contributed by atoms with E-state index in [9.17, 15) is 22.4 Å². The van der Waals surface area contributed by atoms with E-state index >= 15 is 0 Å². The van der Waals surface area contributed by atoms with E-state index < -0.39 is 53.3 Å². The number of aliphatic imine (C=N–C) groups is 1. The molecule has 1 aromatic heterocycles. The molecule has 35 heavy (non-hydrogen) atoms. The molecule has 0 radical (unpaired) electrons. The Labute approximate surface area is 197 Å². The highest BCUT2D eigenvalue weighted by Gasteiger charge is 2.36. The molecule has 0 bridgehead atoms. The van der Waals surface area contributed by atoms with Crippen LogP contribution in [0.4, 0.5) is 17.6 Å². The van der Waals surface area contributed by atoms with Gasteiger partial charge in [0.2, 0.25) is 0 Å². The number of hydrogen-bond acceptors (Lipinski definition) is 6. The first kappa shape index (κ1) is 25.4. The lowest BCUT2D eigenvalue weighted by Crippen LogP contribution is -2.35. The fourth-order valence-corrected chi connectivity index (χ4v) is 3.03. The molecule has 0 aliphatic heterocycles. The van der Waals surface area contributed by atoms with Gasteiger partial charge in [-0.3, -0.25) is 4.79 Å². The van der Waals surface area contributed by atoms with Gasteiger partial charge in [0.1, 0.15) is 29.8 Å². The Morgan fingerprint density at radius 1 is 1.09 bits per heavy atom. The van der Waals surface area contributed by atoms with Crippen molar-refractivity contribution in [1.29, 1.82) is 5.41 Å². The van der Waals surface area contributed by atoms with Gasteiger partial charge in [-0.2, -0.15) is 8.78 Å². The van der Waals surface area contributed by atoms with E-state index in [1.54, 1.807) is 0 Å². The molecule has 0 fully saturated rings. The summed E-state index contributed by atoms with van der Waals surface area (Å²) in [5.41, 5.74) is 3.77. The molecule has 0 aliphatic carbocycles. The van der Waals surface area contributed by atoms with Gasteiger partial charge in [0, 0.05) is 23.7 Å². The largest absolute Gasteiger partial charge is 0.398 e. The Hall–Kier alpha value is -4.25. The number of halogens is 4. The topological polar surface area (TPSA) is 125 Å². The molecule has 7 nitrogen and oxygen atoms in total. The summed E-state index contributed by atoms with van der Waals surface area (Å²) < 4.78 is 56.5. The Kier molecular flexibility index (Phi) is 7.82. The third-order valence-corrected chi connectivity index (χ3v) is 4.79. The second kappa shape index (κ2) is 10.8. The van der Waals surface area contributed by atoms with Crippen molar-refractivity contribution < 1.29 is 27.5 Å². The van der Waals surface area contributed by atoms with Crippen molar-refractivity contribution in [3.05, 3.63) is 101 Å². The first-order valence-electron chi connectivity index (χ1n) is 10.1. The van der Waals surface area contributed by atoms with E-state index in [1.165, 1.54) is 36.7 Å². The third kappa shape index (κ3) is 6.21. The van der Waals surface area contributed by atoms with Crippen LogP contribution in [0.25, 0.3) is 5.70 Å². The van der Waals surface area contributed by atoms with Gasteiger partial charge in [-0.15, -0.1) is 0 Å². The van der Waals surface area contributed by atoms with E-state index in [4.69, 9.17) is 16.2 Å². The van der Waals surface area contributed by atoms with Gasteiger partial charge in [-0.25, -0.2) is 23.7 Å². The molecule has 0 saturated heterocycles. The third-order valence-electron chi connectivity index (χ3n) is 4.79. The Balaban J connectivity index is 2.02. The van der Waals surface area contributed by atoms with Gasteiger partial charge >= 0.3 is 5.92 Å². The fourth-order valence-electron chi connectivity index (χ4n) is 3.03. The van der Waals surface area contributed by atoms with Crippen molar-refractivity contribution in [3.8, 4) is 0 Å². The van der Waals surface area contributed by atoms with Crippen LogP contribution in [0, 0.1) is 17.0 Å². The van der Waals surface area contributed by atoms with Crippen molar-refractivity contribution in [2.45, 2.75) is 12.3 Å². The van der Waals surface area contributed by atoms with Gasteiger partial charge < -0.3 is 16.2 Å². The van der Waals surface area contributed by atoms with Crippen LogP contribution < -0.4 is 5.73 Å². The van der Waals surface area contributed by atoms with Crippen molar-refractivity contribution in [2.75, 3.05) is 6.61 Å². The predicted octanol–water partition coefficient (Wildman–Crippen LogP) is 3.57. The Morgan fingerprint density at radius 3 is 2.37 bits per heavy atom. The zero-order valence-electron chi connectivity index (χ0n) is 18.1. The molecule has 11 heteroatoms. The van der Waals surface area contributed by atoms with Crippen LogP contribution in [0.3, 0.4) is 0 Å². The van der Waals surface area contributed by atoms with E-state index in [0.29, 0.717) is 0 Å². The van der Waals surface area contributed by atoms with Crippen LogP contribution in [-0.4, -0.2) is 44.9 Å². The smallest absolute Gasteiger partial charge is 0.309 e. The summed E-state index contributed by atoms with van der Waals surface area (Å²) in [6.45, 7) is -1.63. The van der Waals surface area contributed by atoms with Crippen LogP contribution in [-0.2, 0) is 6.42 Å². The maximum absolute atomic E-state index is 14.7. The van der Waals surface area contributed by atoms with Gasteiger partial charge in [0.15, 0.2) is 0 Å². The highest BCUT2D eigenvalue weighted by atomic mass is 19.3. The minimum atomic E-state index is -3.88. The molecule has 1 amide bonds. The SMILES string of the molecule is N=C(/C=C(\N)c1c(F)cccc1C(=O)N=C(Cc1ncccn1)C(F)(F)CO)c1ccc(F)cc1. The molecule has 0 spiro atoms. The highest BCUT2D eigenvalue weighted by Crippen LogP contribution is 2.23. The zero-order chi connectivity index (χ0) is 25.6. The molecule has 0 saturated carbocycles. The Bertz CT molecular complexity index is 1290. The maximum Gasteiger partial charge on any atom is 0.309 e. The molecule has 3 aromatic rings. The van der Waals surface area contributed by atoms with E-state index in [2.05, 4.69) is 15.0 Å². The molecule has 4 N–H and O–H groups in total. The minimum absolute atomic E-state index is 0.0706. The van der Waals surface area contributed by atoms with Crippen LogP contribution in [0.5, 0.6) is 0 Å². The molecule has 2 aromatic carbocycles. The monoisotopic (exact) mass is 485 g/mol. The molecular formula is C24H19F4N5O2. The normalized spacial score (nSPS) is 12.5. The summed E-state index contributed by atoms with van der Waals surface area (Å²) in [6, 6.07) is 9.65. The summed E-state index contributed by atoms with van der Waals surface area (Å²) in [7, 11) is 0. The lowest BCUT2D eigenvalue weighted by molar-refractivity contribution is 0.0122. The van der Waals surface area contributed by atoms with Crippen molar-refractivity contribution in [2.24, 2.45) is 10.7 Å². The lowest BCUT2D eigenvalue weighted by Gasteiger charge is -2.16. The second-order valence-electron chi connectivity index (χ2n) is 7.25. The van der Waals surface area contributed by atoms with Gasteiger partial charge in [-0.05, 0) is 54.1 Å². The first-order valence-corrected chi connectivity index (χ1v) is 10.1. The highest BCUT2D eigenvalue weighted by molar-refractivity contribution is 6.12. The number of alkyl halides is 2. The average molecular weight is 485 g/mol. The molecule has 3 rings (SSSR count). The summed E-state index contributed by atoms with van der Waals surface area (Å²) in [5, 5.41) is 17.2. The van der Waals surface area contributed by atoms with Crippen LogP contribution >= 0.6 is 0 Å². The number of rotatable bonds is 8. The number of aromatic nitrogens is 2. The number of hydrogen-bond donors (Lipinski definition) is 3.